The first-order valence-corrected chi connectivity index (χ1v) is 13.4. The molecule has 0 spiro atoms. The number of ether oxygens (including phenoxy) is 6. The second-order valence-corrected chi connectivity index (χ2v) is 9.87. The Morgan fingerprint density at radius 1 is 0.579 bits per heavy atom. The molecule has 0 bridgehead atoms. The van der Waals surface area contributed by atoms with Crippen LogP contribution in [0, 0.1) is 11.8 Å². The summed E-state index contributed by atoms with van der Waals surface area (Å²) in [4.78, 5) is 25.3. The molecule has 3 rings (SSSR count). The molecule has 8 nitrogen and oxygen atoms in total. The van der Waals surface area contributed by atoms with Gasteiger partial charge in [-0.1, -0.05) is 0 Å². The van der Waals surface area contributed by atoms with E-state index in [0.29, 0.717) is 75.1 Å². The third kappa shape index (κ3) is 10.3. The van der Waals surface area contributed by atoms with Gasteiger partial charge in [-0.25, -0.2) is 0 Å². The summed E-state index contributed by atoms with van der Waals surface area (Å²) < 4.78 is 33.3. The molecule has 0 aromatic heterocycles. The van der Waals surface area contributed by atoms with Gasteiger partial charge in [0.2, 0.25) is 0 Å². The minimum Gasteiger partial charge on any atom is -0.491 e. The van der Waals surface area contributed by atoms with Crippen LogP contribution in [0.15, 0.2) is 48.5 Å². The third-order valence-electron chi connectivity index (χ3n) is 6.08. The molecule has 0 aliphatic heterocycles. The van der Waals surface area contributed by atoms with E-state index < -0.39 is 0 Å². The first-order chi connectivity index (χ1) is 18.3. The van der Waals surface area contributed by atoms with Gasteiger partial charge < -0.3 is 28.4 Å². The average Bonchev–Trinajstić information content (AvgIpc) is 2.91. The fourth-order valence-corrected chi connectivity index (χ4v) is 4.06. The van der Waals surface area contributed by atoms with E-state index in [0.717, 1.165) is 0 Å². The fraction of sp³-hybridized carbons (Fsp3) is 0.533. The van der Waals surface area contributed by atoms with Crippen molar-refractivity contribution in [3.8, 4) is 23.0 Å². The van der Waals surface area contributed by atoms with Crippen LogP contribution in [-0.2, 0) is 19.1 Å². The molecule has 0 heterocycles. The van der Waals surface area contributed by atoms with Crippen molar-refractivity contribution in [1.82, 2.24) is 0 Å². The quantitative estimate of drug-likeness (QED) is 0.178. The van der Waals surface area contributed by atoms with Gasteiger partial charge in [-0.3, -0.25) is 9.59 Å². The van der Waals surface area contributed by atoms with Gasteiger partial charge in [-0.2, -0.15) is 0 Å². The maximum absolute atomic E-state index is 12.6. The second-order valence-electron chi connectivity index (χ2n) is 9.87. The molecule has 2 aromatic carbocycles. The molecule has 0 radical (unpaired) electrons. The van der Waals surface area contributed by atoms with Gasteiger partial charge in [0, 0.05) is 0 Å². The van der Waals surface area contributed by atoms with Crippen molar-refractivity contribution in [3.63, 3.8) is 0 Å². The van der Waals surface area contributed by atoms with E-state index in [2.05, 4.69) is 0 Å². The van der Waals surface area contributed by atoms with Crippen molar-refractivity contribution in [3.05, 3.63) is 48.5 Å². The van der Waals surface area contributed by atoms with Gasteiger partial charge in [0.05, 0.1) is 37.3 Å². The topological polar surface area (TPSA) is 89.5 Å². The van der Waals surface area contributed by atoms with E-state index in [4.69, 9.17) is 28.4 Å². The summed E-state index contributed by atoms with van der Waals surface area (Å²) in [6, 6.07) is 13.9. The Balaban J connectivity index is 1.36. The Morgan fingerprint density at radius 2 is 0.895 bits per heavy atom. The summed E-state index contributed by atoms with van der Waals surface area (Å²) in [6.07, 6.45) is 2.67. The van der Waals surface area contributed by atoms with Crippen molar-refractivity contribution < 1.29 is 38.0 Å². The zero-order valence-electron chi connectivity index (χ0n) is 22.9. The lowest BCUT2D eigenvalue weighted by molar-refractivity contribution is -0.145. The van der Waals surface area contributed by atoms with Crippen LogP contribution in [0.3, 0.4) is 0 Å². The lowest BCUT2D eigenvalue weighted by Crippen LogP contribution is -2.30. The Hall–Kier alpha value is -3.10. The van der Waals surface area contributed by atoms with Crippen LogP contribution in [0.25, 0.3) is 0 Å². The minimum absolute atomic E-state index is 0.166. The summed E-state index contributed by atoms with van der Waals surface area (Å²) >= 11 is 0. The molecule has 0 N–H and O–H groups in total. The summed E-state index contributed by atoms with van der Waals surface area (Å²) in [5.41, 5.74) is 0. The van der Waals surface area contributed by atoms with Crippen molar-refractivity contribution >= 4 is 11.9 Å². The second kappa shape index (κ2) is 15.3. The molecule has 1 aliphatic carbocycles. The first-order valence-electron chi connectivity index (χ1n) is 13.4. The number of hydrogen-bond acceptors (Lipinski definition) is 8. The van der Waals surface area contributed by atoms with Gasteiger partial charge in [0.15, 0.2) is 0 Å². The van der Waals surface area contributed by atoms with E-state index in [1.54, 1.807) is 48.5 Å². The van der Waals surface area contributed by atoms with E-state index in [1.807, 2.05) is 27.7 Å². The zero-order chi connectivity index (χ0) is 27.3. The number of carbonyl (C=O) groups excluding carboxylic acids is 2. The minimum atomic E-state index is -0.273. The summed E-state index contributed by atoms with van der Waals surface area (Å²) in [6.45, 7) is 9.85. The maximum atomic E-state index is 12.6. The van der Waals surface area contributed by atoms with Gasteiger partial charge >= 0.3 is 11.9 Å². The molecule has 1 saturated carbocycles. The molecular weight excluding hydrogens is 488 g/mol. The van der Waals surface area contributed by atoms with Crippen molar-refractivity contribution in [2.45, 2.75) is 65.6 Å². The number of rotatable bonds is 14. The molecule has 2 aromatic rings. The molecule has 38 heavy (non-hydrogen) atoms. The molecule has 0 atom stereocenters. The molecule has 1 aliphatic rings. The maximum Gasteiger partial charge on any atom is 0.314 e. The summed E-state index contributed by atoms with van der Waals surface area (Å²) in [5, 5.41) is 0. The molecule has 1 fully saturated rings. The van der Waals surface area contributed by atoms with E-state index >= 15 is 0 Å². The molecule has 0 unspecified atom stereocenters. The predicted molar refractivity (Wildman–Crippen MR) is 143 cm³/mol. The third-order valence-corrected chi connectivity index (χ3v) is 6.08. The van der Waals surface area contributed by atoms with Crippen LogP contribution in [0.4, 0.5) is 0 Å². The van der Waals surface area contributed by atoms with Crippen LogP contribution < -0.4 is 18.9 Å². The number of benzene rings is 2. The monoisotopic (exact) mass is 528 g/mol. The molecule has 8 heteroatoms. The Bertz CT molecular complexity index is 895. The van der Waals surface area contributed by atoms with Crippen molar-refractivity contribution in [1.29, 1.82) is 0 Å². The lowest BCUT2D eigenvalue weighted by Gasteiger charge is -2.25. The summed E-state index contributed by atoms with van der Waals surface area (Å²) in [5.74, 6) is 1.31. The SMILES string of the molecule is CC(C)OCCOc1ccc(OC(=O)C2CCC(C(=O)Oc3ccc(OCCOC(C)C)cc3)CC2)cc1. The highest BCUT2D eigenvalue weighted by atomic mass is 16.5. The van der Waals surface area contributed by atoms with Crippen molar-refractivity contribution in [2.75, 3.05) is 26.4 Å². The Labute approximate surface area is 225 Å². The van der Waals surface area contributed by atoms with Crippen LogP contribution in [-0.4, -0.2) is 50.6 Å². The Kier molecular flexibility index (Phi) is 11.9. The van der Waals surface area contributed by atoms with Crippen molar-refractivity contribution in [2.24, 2.45) is 11.8 Å². The average molecular weight is 529 g/mol. The Morgan fingerprint density at radius 3 is 1.21 bits per heavy atom. The number of carbonyl (C=O) groups is 2. The lowest BCUT2D eigenvalue weighted by atomic mass is 9.82. The summed E-state index contributed by atoms with van der Waals surface area (Å²) in [7, 11) is 0. The van der Waals surface area contributed by atoms with Gasteiger partial charge in [0.1, 0.15) is 36.2 Å². The van der Waals surface area contributed by atoms with Crippen LogP contribution >= 0.6 is 0 Å². The normalized spacial score (nSPS) is 17.3. The molecule has 0 saturated heterocycles. The fourth-order valence-electron chi connectivity index (χ4n) is 4.06. The highest BCUT2D eigenvalue weighted by Crippen LogP contribution is 2.32. The highest BCUT2D eigenvalue weighted by molar-refractivity contribution is 5.77. The molecular formula is C30H40O8. The molecule has 208 valence electrons. The zero-order valence-corrected chi connectivity index (χ0v) is 22.9. The van der Waals surface area contributed by atoms with E-state index in [-0.39, 0.29) is 36.0 Å². The standard InChI is InChI=1S/C30H40O8/c1-21(2)33-17-19-35-25-9-13-27(14-10-25)37-29(31)23-5-7-24(8-6-23)30(32)38-28-15-11-26(12-16-28)36-20-18-34-22(3)4/h9-16,21-24H,5-8,17-20H2,1-4H3. The van der Waals surface area contributed by atoms with Crippen LogP contribution in [0.5, 0.6) is 23.0 Å². The predicted octanol–water partition coefficient (Wildman–Crippen LogP) is 5.61. The van der Waals surface area contributed by atoms with Crippen LogP contribution in [0.1, 0.15) is 53.4 Å². The largest absolute Gasteiger partial charge is 0.491 e. The van der Waals surface area contributed by atoms with Crippen LogP contribution in [0.2, 0.25) is 0 Å². The van der Waals surface area contributed by atoms with Gasteiger partial charge in [0.25, 0.3) is 0 Å². The van der Waals surface area contributed by atoms with Gasteiger partial charge in [-0.15, -0.1) is 0 Å². The smallest absolute Gasteiger partial charge is 0.314 e. The highest BCUT2D eigenvalue weighted by Gasteiger charge is 2.32. The van der Waals surface area contributed by atoms with E-state index in [9.17, 15) is 9.59 Å². The number of esters is 2. The van der Waals surface area contributed by atoms with Gasteiger partial charge in [-0.05, 0) is 102 Å². The molecule has 0 amide bonds. The van der Waals surface area contributed by atoms with E-state index in [1.165, 1.54) is 0 Å². The number of hydrogen-bond donors (Lipinski definition) is 0. The first kappa shape index (κ1) is 29.5.